The number of carbonyl (C=O) groups is 2. The number of rotatable bonds is 4. The van der Waals surface area contributed by atoms with Crippen molar-refractivity contribution >= 4 is 11.8 Å². The third kappa shape index (κ3) is 3.47. The van der Waals surface area contributed by atoms with E-state index in [9.17, 15) is 14.7 Å². The van der Waals surface area contributed by atoms with E-state index < -0.39 is 11.6 Å². The number of hydrogen-bond acceptors (Lipinski definition) is 3. The first-order valence-corrected chi connectivity index (χ1v) is 7.61. The van der Waals surface area contributed by atoms with Gasteiger partial charge in [-0.05, 0) is 25.3 Å². The fourth-order valence-electron chi connectivity index (χ4n) is 2.92. The van der Waals surface area contributed by atoms with Gasteiger partial charge in [0.25, 0.3) is 0 Å². The summed E-state index contributed by atoms with van der Waals surface area (Å²) in [5.41, 5.74) is -0.523. The summed E-state index contributed by atoms with van der Waals surface area (Å²) in [6.07, 6.45) is 1.49. The van der Waals surface area contributed by atoms with Gasteiger partial charge in [0, 0.05) is 20.6 Å². The first-order valence-electron chi connectivity index (χ1n) is 7.61. The van der Waals surface area contributed by atoms with Crippen molar-refractivity contribution in [2.24, 2.45) is 0 Å². The molecule has 1 aromatic carbocycles. The summed E-state index contributed by atoms with van der Waals surface area (Å²) in [5, 5.41) is 10.6. The van der Waals surface area contributed by atoms with E-state index in [-0.39, 0.29) is 18.2 Å². The molecule has 0 aromatic heterocycles. The Morgan fingerprint density at radius 2 is 1.95 bits per heavy atom. The van der Waals surface area contributed by atoms with Crippen LogP contribution in [0.4, 0.5) is 0 Å². The Balaban J connectivity index is 2.10. The number of carbonyl (C=O) groups excluding carboxylic acids is 2. The molecular weight excluding hydrogens is 280 g/mol. The lowest BCUT2D eigenvalue weighted by molar-refractivity contribution is -0.145. The van der Waals surface area contributed by atoms with Gasteiger partial charge in [-0.2, -0.15) is 0 Å². The van der Waals surface area contributed by atoms with Crippen LogP contribution in [0.5, 0.6) is 0 Å². The molecule has 5 nitrogen and oxygen atoms in total. The molecule has 1 aromatic rings. The van der Waals surface area contributed by atoms with Crippen LogP contribution in [0.1, 0.15) is 31.7 Å². The molecule has 5 heteroatoms. The molecule has 0 spiro atoms. The molecule has 0 bridgehead atoms. The Labute approximate surface area is 131 Å². The second-order valence-corrected chi connectivity index (χ2v) is 6.29. The highest BCUT2D eigenvalue weighted by atomic mass is 16.3. The zero-order valence-corrected chi connectivity index (χ0v) is 13.5. The Morgan fingerprint density at radius 1 is 1.32 bits per heavy atom. The molecule has 1 N–H and O–H groups in total. The first kappa shape index (κ1) is 16.5. The standard InChI is InChI=1S/C17H24N2O3/c1-17(22,13-8-5-4-6-9-13)12-15(20)19-11-7-10-14(19)16(21)18(2)3/h4-6,8-9,14,22H,7,10-12H2,1-3H3. The minimum Gasteiger partial charge on any atom is -0.385 e. The normalized spacial score (nSPS) is 20.5. The fourth-order valence-corrected chi connectivity index (χ4v) is 2.92. The lowest BCUT2D eigenvalue weighted by atomic mass is 9.92. The van der Waals surface area contributed by atoms with Crippen molar-refractivity contribution in [3.63, 3.8) is 0 Å². The molecule has 1 aliphatic heterocycles. The van der Waals surface area contributed by atoms with E-state index in [0.717, 1.165) is 6.42 Å². The maximum atomic E-state index is 12.6. The van der Waals surface area contributed by atoms with Crippen LogP contribution in [0.2, 0.25) is 0 Å². The van der Waals surface area contributed by atoms with Crippen LogP contribution in [-0.2, 0) is 15.2 Å². The molecule has 1 fully saturated rings. The first-order chi connectivity index (χ1) is 10.3. The van der Waals surface area contributed by atoms with E-state index >= 15 is 0 Å². The highest BCUT2D eigenvalue weighted by molar-refractivity contribution is 5.88. The maximum Gasteiger partial charge on any atom is 0.244 e. The summed E-state index contributed by atoms with van der Waals surface area (Å²) < 4.78 is 0. The average molecular weight is 304 g/mol. The smallest absolute Gasteiger partial charge is 0.244 e. The van der Waals surface area contributed by atoms with Gasteiger partial charge in [0.2, 0.25) is 11.8 Å². The Hall–Kier alpha value is -1.88. The minimum absolute atomic E-state index is 0.0196. The van der Waals surface area contributed by atoms with Gasteiger partial charge in [-0.15, -0.1) is 0 Å². The summed E-state index contributed by atoms with van der Waals surface area (Å²) in [7, 11) is 3.40. The quantitative estimate of drug-likeness (QED) is 0.914. The predicted octanol–water partition coefficient (Wildman–Crippen LogP) is 1.36. The van der Waals surface area contributed by atoms with Crippen molar-refractivity contribution in [3.05, 3.63) is 35.9 Å². The van der Waals surface area contributed by atoms with E-state index in [1.54, 1.807) is 38.1 Å². The Kier molecular flexibility index (Phi) is 4.86. The van der Waals surface area contributed by atoms with Crippen molar-refractivity contribution in [2.75, 3.05) is 20.6 Å². The van der Waals surface area contributed by atoms with E-state index in [4.69, 9.17) is 0 Å². The van der Waals surface area contributed by atoms with Crippen molar-refractivity contribution < 1.29 is 14.7 Å². The largest absolute Gasteiger partial charge is 0.385 e. The number of likely N-dealkylation sites (tertiary alicyclic amines) is 1. The second-order valence-electron chi connectivity index (χ2n) is 6.29. The van der Waals surface area contributed by atoms with Gasteiger partial charge in [-0.3, -0.25) is 9.59 Å². The third-order valence-electron chi connectivity index (χ3n) is 4.19. The van der Waals surface area contributed by atoms with Crippen LogP contribution in [-0.4, -0.2) is 53.4 Å². The molecule has 22 heavy (non-hydrogen) atoms. The number of benzene rings is 1. The van der Waals surface area contributed by atoms with Gasteiger partial charge in [-0.1, -0.05) is 30.3 Å². The lowest BCUT2D eigenvalue weighted by Crippen LogP contribution is -2.47. The zero-order chi connectivity index (χ0) is 16.3. The van der Waals surface area contributed by atoms with Crippen molar-refractivity contribution in [1.29, 1.82) is 0 Å². The van der Waals surface area contributed by atoms with Crippen LogP contribution >= 0.6 is 0 Å². The number of likely N-dealkylation sites (N-methyl/N-ethyl adjacent to an activating group) is 1. The highest BCUT2D eigenvalue weighted by Crippen LogP contribution is 2.28. The SMILES string of the molecule is CN(C)C(=O)C1CCCN1C(=O)CC(C)(O)c1ccccc1. The predicted molar refractivity (Wildman–Crippen MR) is 84.1 cm³/mol. The van der Waals surface area contributed by atoms with Crippen molar-refractivity contribution in [3.8, 4) is 0 Å². The molecule has 0 radical (unpaired) electrons. The van der Waals surface area contributed by atoms with Gasteiger partial charge >= 0.3 is 0 Å². The van der Waals surface area contributed by atoms with Gasteiger partial charge in [0.15, 0.2) is 0 Å². The summed E-state index contributed by atoms with van der Waals surface area (Å²) in [5.74, 6) is -0.225. The van der Waals surface area contributed by atoms with E-state index in [2.05, 4.69) is 0 Å². The van der Waals surface area contributed by atoms with E-state index in [0.29, 0.717) is 18.5 Å². The number of hydrogen-bond donors (Lipinski definition) is 1. The average Bonchev–Trinajstić information content (AvgIpc) is 2.96. The lowest BCUT2D eigenvalue weighted by Gasteiger charge is -2.30. The topological polar surface area (TPSA) is 60.9 Å². The van der Waals surface area contributed by atoms with Gasteiger partial charge in [0.1, 0.15) is 6.04 Å². The highest BCUT2D eigenvalue weighted by Gasteiger charge is 2.37. The molecule has 2 unspecified atom stereocenters. The summed E-state index contributed by atoms with van der Waals surface area (Å²) in [6.45, 7) is 2.22. The molecule has 2 atom stereocenters. The summed E-state index contributed by atoms with van der Waals surface area (Å²) in [4.78, 5) is 27.9. The monoisotopic (exact) mass is 304 g/mol. The minimum atomic E-state index is -1.23. The Bertz CT molecular complexity index is 540. The fraction of sp³-hybridized carbons (Fsp3) is 0.529. The molecule has 2 rings (SSSR count). The summed E-state index contributed by atoms with van der Waals surface area (Å²) in [6, 6.07) is 8.76. The molecule has 0 aliphatic carbocycles. The molecule has 1 aliphatic rings. The van der Waals surface area contributed by atoms with E-state index in [1.165, 1.54) is 4.90 Å². The van der Waals surface area contributed by atoms with Crippen LogP contribution in [0.15, 0.2) is 30.3 Å². The second kappa shape index (κ2) is 6.48. The summed E-state index contributed by atoms with van der Waals surface area (Å²) >= 11 is 0. The Morgan fingerprint density at radius 3 is 2.55 bits per heavy atom. The molecule has 2 amide bonds. The van der Waals surface area contributed by atoms with Gasteiger partial charge in [-0.25, -0.2) is 0 Å². The molecule has 1 saturated heterocycles. The van der Waals surface area contributed by atoms with Crippen molar-refractivity contribution in [2.45, 2.75) is 37.8 Å². The van der Waals surface area contributed by atoms with Crippen LogP contribution in [0.25, 0.3) is 0 Å². The molecule has 120 valence electrons. The maximum absolute atomic E-state index is 12.6. The van der Waals surface area contributed by atoms with Crippen LogP contribution < -0.4 is 0 Å². The van der Waals surface area contributed by atoms with Crippen LogP contribution in [0.3, 0.4) is 0 Å². The molecule has 0 saturated carbocycles. The van der Waals surface area contributed by atoms with Gasteiger partial charge < -0.3 is 14.9 Å². The number of amides is 2. The zero-order valence-electron chi connectivity index (χ0n) is 13.5. The third-order valence-corrected chi connectivity index (χ3v) is 4.19. The number of nitrogens with zero attached hydrogens (tertiary/aromatic N) is 2. The van der Waals surface area contributed by atoms with Crippen LogP contribution in [0, 0.1) is 0 Å². The molecule has 1 heterocycles. The molecular formula is C17H24N2O3. The van der Waals surface area contributed by atoms with Gasteiger partial charge in [0.05, 0.1) is 12.0 Å². The number of aliphatic hydroxyl groups is 1. The van der Waals surface area contributed by atoms with Crippen molar-refractivity contribution in [1.82, 2.24) is 9.80 Å². The van der Waals surface area contributed by atoms with E-state index in [1.807, 2.05) is 18.2 Å².